The molecule has 0 bridgehead atoms. The lowest BCUT2D eigenvalue weighted by atomic mass is 10.0. The van der Waals surface area contributed by atoms with Gasteiger partial charge in [-0.2, -0.15) is 0 Å². The predicted molar refractivity (Wildman–Crippen MR) is 74.1 cm³/mol. The van der Waals surface area contributed by atoms with Crippen LogP contribution in [0.4, 0.5) is 0 Å². The van der Waals surface area contributed by atoms with Crippen LogP contribution in [0.25, 0.3) is 0 Å². The molecule has 0 aromatic rings. The fraction of sp³-hybridized carbons (Fsp3) is 0.933. The molecule has 3 heteroatoms. The Kier molecular flexibility index (Phi) is 4.31. The minimum Gasteiger partial charge on any atom is -0.326 e. The van der Waals surface area contributed by atoms with Gasteiger partial charge in [-0.3, -0.25) is 10.1 Å². The van der Waals surface area contributed by atoms with Crippen LogP contribution in [-0.2, 0) is 4.79 Å². The Morgan fingerprint density at radius 1 is 1.33 bits per heavy atom. The molecule has 3 nitrogen and oxygen atoms in total. The number of carbonyl (C=O) groups excluding carboxylic acids is 1. The van der Waals surface area contributed by atoms with E-state index >= 15 is 0 Å². The Bertz CT molecular complexity index is 303. The molecule has 1 heterocycles. The highest BCUT2D eigenvalue weighted by atomic mass is 16.2. The van der Waals surface area contributed by atoms with Gasteiger partial charge in [0.15, 0.2) is 0 Å². The van der Waals surface area contributed by atoms with Gasteiger partial charge in [0.1, 0.15) is 0 Å². The molecule has 1 saturated heterocycles. The molecule has 0 aromatic carbocycles. The molecule has 0 aromatic heterocycles. The third-order valence-corrected chi connectivity index (χ3v) is 4.43. The number of rotatable bonds is 4. The highest BCUT2D eigenvalue weighted by molar-refractivity contribution is 5.83. The van der Waals surface area contributed by atoms with Gasteiger partial charge in [-0.1, -0.05) is 27.2 Å². The lowest BCUT2D eigenvalue weighted by Crippen LogP contribution is -2.41. The lowest BCUT2D eigenvalue weighted by Gasteiger charge is -2.28. The van der Waals surface area contributed by atoms with Gasteiger partial charge in [0.25, 0.3) is 0 Å². The second-order valence-corrected chi connectivity index (χ2v) is 6.81. The monoisotopic (exact) mass is 252 g/mol. The van der Waals surface area contributed by atoms with Crippen molar-refractivity contribution in [2.24, 2.45) is 17.8 Å². The molecule has 2 aliphatic rings. The second-order valence-electron chi connectivity index (χ2n) is 6.81. The molecule has 4 unspecified atom stereocenters. The van der Waals surface area contributed by atoms with Crippen LogP contribution in [0.2, 0.25) is 0 Å². The molecule has 1 amide bonds. The van der Waals surface area contributed by atoms with Crippen molar-refractivity contribution in [2.75, 3.05) is 6.54 Å². The normalized spacial score (nSPS) is 36.9. The van der Waals surface area contributed by atoms with E-state index in [2.05, 4.69) is 31.0 Å². The van der Waals surface area contributed by atoms with E-state index in [1.54, 1.807) is 0 Å². The first-order valence-electron chi connectivity index (χ1n) is 7.54. The van der Waals surface area contributed by atoms with Crippen LogP contribution in [0.15, 0.2) is 0 Å². The smallest absolute Gasteiger partial charge is 0.240 e. The molecule has 1 saturated carbocycles. The Morgan fingerprint density at radius 3 is 2.61 bits per heavy atom. The SMILES string of the molecule is CC(C)CC1NC(C)C(=O)N1CC1CCC(C)C1. The van der Waals surface area contributed by atoms with Gasteiger partial charge >= 0.3 is 0 Å². The highest BCUT2D eigenvalue weighted by Crippen LogP contribution is 2.32. The zero-order chi connectivity index (χ0) is 13.3. The minimum absolute atomic E-state index is 0.00702. The number of hydrogen-bond acceptors (Lipinski definition) is 2. The van der Waals surface area contributed by atoms with E-state index in [0.717, 1.165) is 24.8 Å². The molecular formula is C15H28N2O. The van der Waals surface area contributed by atoms with Crippen LogP contribution in [0.3, 0.4) is 0 Å². The number of nitrogens with one attached hydrogen (secondary N) is 1. The molecule has 4 atom stereocenters. The standard InChI is InChI=1S/C15H28N2O/c1-10(2)7-14-16-12(4)15(18)17(14)9-13-6-5-11(3)8-13/h10-14,16H,5-9H2,1-4H3. The summed E-state index contributed by atoms with van der Waals surface area (Å²) in [6.45, 7) is 9.75. The van der Waals surface area contributed by atoms with Gasteiger partial charge in [-0.15, -0.1) is 0 Å². The van der Waals surface area contributed by atoms with E-state index < -0.39 is 0 Å². The summed E-state index contributed by atoms with van der Waals surface area (Å²) in [5.74, 6) is 2.51. The van der Waals surface area contributed by atoms with Gasteiger partial charge in [0.2, 0.25) is 5.91 Å². The van der Waals surface area contributed by atoms with E-state index in [9.17, 15) is 4.79 Å². The molecule has 0 spiro atoms. The average Bonchev–Trinajstić information content (AvgIpc) is 2.78. The van der Waals surface area contributed by atoms with Crippen LogP contribution < -0.4 is 5.32 Å². The van der Waals surface area contributed by atoms with Crippen molar-refractivity contribution in [2.45, 2.75) is 65.6 Å². The summed E-state index contributed by atoms with van der Waals surface area (Å²) < 4.78 is 0. The molecule has 1 aliphatic heterocycles. The van der Waals surface area contributed by atoms with Crippen molar-refractivity contribution < 1.29 is 4.79 Å². The molecular weight excluding hydrogens is 224 g/mol. The van der Waals surface area contributed by atoms with Crippen molar-refractivity contribution in [3.05, 3.63) is 0 Å². The summed E-state index contributed by atoms with van der Waals surface area (Å²) >= 11 is 0. The maximum atomic E-state index is 12.2. The Balaban J connectivity index is 1.96. The molecule has 104 valence electrons. The van der Waals surface area contributed by atoms with E-state index in [0.29, 0.717) is 11.8 Å². The molecule has 2 fully saturated rings. The Hall–Kier alpha value is -0.570. The van der Waals surface area contributed by atoms with Crippen molar-refractivity contribution in [3.8, 4) is 0 Å². The summed E-state index contributed by atoms with van der Waals surface area (Å²) in [6, 6.07) is 0.00702. The quantitative estimate of drug-likeness (QED) is 0.834. The van der Waals surface area contributed by atoms with Crippen molar-refractivity contribution in [3.63, 3.8) is 0 Å². The van der Waals surface area contributed by atoms with E-state index in [4.69, 9.17) is 0 Å². The summed E-state index contributed by atoms with van der Waals surface area (Å²) in [5.41, 5.74) is 0. The van der Waals surface area contributed by atoms with Crippen LogP contribution in [0.5, 0.6) is 0 Å². The van der Waals surface area contributed by atoms with E-state index in [-0.39, 0.29) is 12.2 Å². The van der Waals surface area contributed by atoms with Gasteiger partial charge in [0, 0.05) is 6.54 Å². The van der Waals surface area contributed by atoms with Gasteiger partial charge < -0.3 is 4.90 Å². The first kappa shape index (κ1) is 13.9. The van der Waals surface area contributed by atoms with Crippen LogP contribution in [0.1, 0.15) is 53.4 Å². The van der Waals surface area contributed by atoms with E-state index in [1.165, 1.54) is 19.3 Å². The Morgan fingerprint density at radius 2 is 2.06 bits per heavy atom. The molecule has 18 heavy (non-hydrogen) atoms. The summed E-state index contributed by atoms with van der Waals surface area (Å²) in [4.78, 5) is 14.3. The zero-order valence-corrected chi connectivity index (χ0v) is 12.3. The third kappa shape index (κ3) is 3.05. The fourth-order valence-electron chi connectivity index (χ4n) is 3.48. The minimum atomic E-state index is 0.00702. The maximum Gasteiger partial charge on any atom is 0.240 e. The second kappa shape index (κ2) is 5.60. The Labute approximate surface area is 111 Å². The van der Waals surface area contributed by atoms with E-state index in [1.807, 2.05) is 6.92 Å². The summed E-state index contributed by atoms with van der Waals surface area (Å²) in [7, 11) is 0. The topological polar surface area (TPSA) is 32.3 Å². The van der Waals surface area contributed by atoms with Gasteiger partial charge in [0.05, 0.1) is 12.2 Å². The fourth-order valence-corrected chi connectivity index (χ4v) is 3.48. The largest absolute Gasteiger partial charge is 0.326 e. The number of nitrogens with zero attached hydrogens (tertiary/aromatic N) is 1. The first-order valence-corrected chi connectivity index (χ1v) is 7.54. The summed E-state index contributed by atoms with van der Waals surface area (Å²) in [5, 5.41) is 3.45. The van der Waals surface area contributed by atoms with Crippen molar-refractivity contribution in [1.82, 2.24) is 10.2 Å². The molecule has 1 aliphatic carbocycles. The summed E-state index contributed by atoms with van der Waals surface area (Å²) in [6.07, 6.45) is 5.27. The van der Waals surface area contributed by atoms with Gasteiger partial charge in [-0.05, 0) is 43.9 Å². The lowest BCUT2D eigenvalue weighted by molar-refractivity contribution is -0.130. The van der Waals surface area contributed by atoms with Crippen LogP contribution in [0, 0.1) is 17.8 Å². The number of hydrogen-bond donors (Lipinski definition) is 1. The predicted octanol–water partition coefficient (Wildman–Crippen LogP) is 2.62. The first-order chi connectivity index (χ1) is 8.47. The third-order valence-electron chi connectivity index (χ3n) is 4.43. The van der Waals surface area contributed by atoms with Crippen molar-refractivity contribution >= 4 is 5.91 Å². The molecule has 0 radical (unpaired) electrons. The zero-order valence-electron chi connectivity index (χ0n) is 12.3. The highest BCUT2D eigenvalue weighted by Gasteiger charge is 2.38. The van der Waals surface area contributed by atoms with Crippen LogP contribution in [-0.4, -0.2) is 29.6 Å². The van der Waals surface area contributed by atoms with Crippen molar-refractivity contribution in [1.29, 1.82) is 0 Å². The number of carbonyl (C=O) groups is 1. The van der Waals surface area contributed by atoms with Gasteiger partial charge in [-0.25, -0.2) is 0 Å². The number of amides is 1. The maximum absolute atomic E-state index is 12.2. The molecule has 2 rings (SSSR count). The average molecular weight is 252 g/mol. The van der Waals surface area contributed by atoms with Crippen LogP contribution >= 0.6 is 0 Å². The molecule has 1 N–H and O–H groups in total.